The minimum atomic E-state index is -0.349. The average Bonchev–Trinajstić information content (AvgIpc) is 3.11. The van der Waals surface area contributed by atoms with Crippen molar-refractivity contribution < 1.29 is 9.18 Å². The zero-order valence-corrected chi connectivity index (χ0v) is 15.7. The van der Waals surface area contributed by atoms with E-state index in [1.165, 1.54) is 6.07 Å². The van der Waals surface area contributed by atoms with Crippen LogP contribution in [0.1, 0.15) is 27.3 Å². The van der Waals surface area contributed by atoms with Crippen LogP contribution >= 0.6 is 0 Å². The fraction of sp³-hybridized carbons (Fsp3) is 0.350. The van der Waals surface area contributed by atoms with E-state index in [1.807, 2.05) is 31.0 Å². The monoisotopic (exact) mass is 367 g/mol. The number of aromatic nitrogens is 4. The van der Waals surface area contributed by atoms with Gasteiger partial charge in [0.25, 0.3) is 5.91 Å². The number of fused-ring (bicyclic) bond motifs is 1. The van der Waals surface area contributed by atoms with E-state index in [4.69, 9.17) is 0 Å². The Morgan fingerprint density at radius 2 is 1.96 bits per heavy atom. The summed E-state index contributed by atoms with van der Waals surface area (Å²) in [7, 11) is 1.92. The Kier molecular flexibility index (Phi) is 4.30. The van der Waals surface area contributed by atoms with Gasteiger partial charge in [-0.05, 0) is 37.1 Å². The summed E-state index contributed by atoms with van der Waals surface area (Å²) in [6.45, 7) is 5.45. The molecule has 0 saturated heterocycles. The van der Waals surface area contributed by atoms with Crippen molar-refractivity contribution in [1.82, 2.24) is 24.2 Å². The van der Waals surface area contributed by atoms with Crippen molar-refractivity contribution in [1.29, 1.82) is 0 Å². The number of hydrogen-bond acceptors (Lipinski definition) is 3. The van der Waals surface area contributed by atoms with Crippen LogP contribution in [0.5, 0.6) is 0 Å². The van der Waals surface area contributed by atoms with Crippen LogP contribution in [-0.2, 0) is 20.0 Å². The van der Waals surface area contributed by atoms with Gasteiger partial charge in [0.2, 0.25) is 0 Å². The fourth-order valence-corrected chi connectivity index (χ4v) is 3.75. The van der Waals surface area contributed by atoms with Crippen molar-refractivity contribution >= 4 is 5.91 Å². The van der Waals surface area contributed by atoms with E-state index in [1.54, 1.807) is 24.0 Å². The van der Waals surface area contributed by atoms with Gasteiger partial charge in [-0.3, -0.25) is 9.48 Å². The van der Waals surface area contributed by atoms with Crippen LogP contribution in [0, 0.1) is 19.7 Å². The summed E-state index contributed by atoms with van der Waals surface area (Å²) < 4.78 is 17.9. The van der Waals surface area contributed by atoms with Gasteiger partial charge in [0.1, 0.15) is 11.6 Å². The number of nitrogens with zero attached hydrogens (tertiary/aromatic N) is 5. The van der Waals surface area contributed by atoms with E-state index in [0.29, 0.717) is 37.2 Å². The molecular weight excluding hydrogens is 345 g/mol. The number of rotatable bonds is 2. The minimum Gasteiger partial charge on any atom is -0.336 e. The van der Waals surface area contributed by atoms with Crippen molar-refractivity contribution in [3.8, 4) is 11.4 Å². The highest BCUT2D eigenvalue weighted by Crippen LogP contribution is 2.25. The van der Waals surface area contributed by atoms with Crippen molar-refractivity contribution in [2.45, 2.75) is 26.8 Å². The van der Waals surface area contributed by atoms with Gasteiger partial charge in [0, 0.05) is 38.7 Å². The van der Waals surface area contributed by atoms with Crippen LogP contribution in [0.25, 0.3) is 11.4 Å². The summed E-state index contributed by atoms with van der Waals surface area (Å²) >= 11 is 0. The lowest BCUT2D eigenvalue weighted by Crippen LogP contribution is -2.34. The van der Waals surface area contributed by atoms with Gasteiger partial charge in [-0.15, -0.1) is 0 Å². The molecule has 0 radical (unpaired) electrons. The van der Waals surface area contributed by atoms with Crippen molar-refractivity contribution in [2.75, 3.05) is 13.1 Å². The largest absolute Gasteiger partial charge is 0.336 e. The molecule has 2 aromatic heterocycles. The summed E-state index contributed by atoms with van der Waals surface area (Å²) in [5.74, 6) is 0.477. The number of aryl methyl sites for hydroxylation is 2. The first kappa shape index (κ1) is 17.5. The third kappa shape index (κ3) is 2.93. The van der Waals surface area contributed by atoms with E-state index >= 15 is 0 Å². The molecule has 1 aromatic carbocycles. The van der Waals surface area contributed by atoms with Crippen molar-refractivity contribution in [3.63, 3.8) is 0 Å². The molecular formula is C20H22FN5O. The maximum Gasteiger partial charge on any atom is 0.254 e. The Labute approximate surface area is 157 Å². The molecule has 0 aliphatic carbocycles. The quantitative estimate of drug-likeness (QED) is 0.700. The molecule has 0 atom stereocenters. The molecule has 0 saturated carbocycles. The molecule has 6 nitrogen and oxygen atoms in total. The molecule has 0 fully saturated rings. The number of hydrogen-bond donors (Lipinski definition) is 0. The maximum absolute atomic E-state index is 13.8. The van der Waals surface area contributed by atoms with E-state index < -0.39 is 0 Å². The van der Waals surface area contributed by atoms with Crippen LogP contribution in [0.3, 0.4) is 0 Å². The van der Waals surface area contributed by atoms with Crippen LogP contribution in [0.4, 0.5) is 4.39 Å². The SMILES string of the molecule is Cc1cnn(C)c1-c1cnc2n1CCN(C(=O)c1cccc(F)c1C)CC2. The van der Waals surface area contributed by atoms with E-state index in [-0.39, 0.29) is 11.7 Å². The average molecular weight is 367 g/mol. The molecule has 4 rings (SSSR count). The van der Waals surface area contributed by atoms with Gasteiger partial charge in [-0.1, -0.05) is 6.07 Å². The lowest BCUT2D eigenvalue weighted by molar-refractivity contribution is 0.0758. The molecule has 1 aliphatic heterocycles. The molecule has 3 aromatic rings. The Hall–Kier alpha value is -2.96. The zero-order chi connectivity index (χ0) is 19.1. The summed E-state index contributed by atoms with van der Waals surface area (Å²) in [6.07, 6.45) is 4.39. The first-order valence-electron chi connectivity index (χ1n) is 9.05. The highest BCUT2D eigenvalue weighted by atomic mass is 19.1. The molecule has 0 unspecified atom stereocenters. The first-order chi connectivity index (χ1) is 13.0. The fourth-order valence-electron chi connectivity index (χ4n) is 3.75. The summed E-state index contributed by atoms with van der Waals surface area (Å²) in [5, 5.41) is 4.32. The molecule has 0 bridgehead atoms. The lowest BCUT2D eigenvalue weighted by Gasteiger charge is -2.21. The molecule has 1 amide bonds. The third-order valence-corrected chi connectivity index (χ3v) is 5.29. The van der Waals surface area contributed by atoms with Crippen molar-refractivity contribution in [3.05, 3.63) is 58.9 Å². The highest BCUT2D eigenvalue weighted by Gasteiger charge is 2.24. The summed E-state index contributed by atoms with van der Waals surface area (Å²) in [4.78, 5) is 19.3. The Morgan fingerprint density at radius 1 is 1.15 bits per heavy atom. The zero-order valence-electron chi connectivity index (χ0n) is 15.7. The first-order valence-corrected chi connectivity index (χ1v) is 9.05. The second-order valence-electron chi connectivity index (χ2n) is 6.97. The van der Waals surface area contributed by atoms with Crippen LogP contribution in [0.15, 0.2) is 30.6 Å². The predicted octanol–water partition coefficient (Wildman–Crippen LogP) is 2.74. The lowest BCUT2D eigenvalue weighted by atomic mass is 10.1. The van der Waals surface area contributed by atoms with Crippen LogP contribution in [-0.4, -0.2) is 43.2 Å². The Balaban J connectivity index is 1.61. The topological polar surface area (TPSA) is 56.0 Å². The molecule has 0 N–H and O–H groups in total. The van der Waals surface area contributed by atoms with Gasteiger partial charge in [0.15, 0.2) is 0 Å². The number of imidazole rings is 1. The van der Waals surface area contributed by atoms with Gasteiger partial charge >= 0.3 is 0 Å². The molecule has 1 aliphatic rings. The van der Waals surface area contributed by atoms with E-state index in [0.717, 1.165) is 22.8 Å². The molecule has 0 spiro atoms. The number of carbonyl (C=O) groups excluding carboxylic acids is 1. The number of halogens is 1. The number of benzene rings is 1. The van der Waals surface area contributed by atoms with Gasteiger partial charge in [0.05, 0.1) is 23.8 Å². The molecule has 3 heterocycles. The third-order valence-electron chi connectivity index (χ3n) is 5.29. The molecule has 27 heavy (non-hydrogen) atoms. The summed E-state index contributed by atoms with van der Waals surface area (Å²) in [5.41, 5.74) is 3.97. The maximum atomic E-state index is 13.8. The minimum absolute atomic E-state index is 0.129. The Bertz CT molecular complexity index is 1000. The normalized spacial score (nSPS) is 14.1. The molecule has 7 heteroatoms. The van der Waals surface area contributed by atoms with Crippen molar-refractivity contribution in [2.24, 2.45) is 7.05 Å². The highest BCUT2D eigenvalue weighted by molar-refractivity contribution is 5.95. The molecule has 140 valence electrons. The number of carbonyl (C=O) groups is 1. The van der Waals surface area contributed by atoms with Gasteiger partial charge < -0.3 is 9.47 Å². The van der Waals surface area contributed by atoms with Gasteiger partial charge in [-0.2, -0.15) is 5.10 Å². The second-order valence-corrected chi connectivity index (χ2v) is 6.97. The number of amides is 1. The Morgan fingerprint density at radius 3 is 2.70 bits per heavy atom. The standard InChI is InChI=1S/C20H22FN5O/c1-13-11-23-24(3)19(13)17-12-22-18-7-8-25(9-10-26(17)18)20(27)15-5-4-6-16(21)14(15)2/h4-6,11-12H,7-10H2,1-3H3. The second kappa shape index (κ2) is 6.64. The summed E-state index contributed by atoms with van der Waals surface area (Å²) in [6, 6.07) is 4.66. The van der Waals surface area contributed by atoms with Gasteiger partial charge in [-0.25, -0.2) is 9.37 Å². The van der Waals surface area contributed by atoms with E-state index in [9.17, 15) is 9.18 Å². The van der Waals surface area contributed by atoms with Crippen LogP contribution in [0.2, 0.25) is 0 Å². The predicted molar refractivity (Wildman–Crippen MR) is 99.9 cm³/mol. The van der Waals surface area contributed by atoms with E-state index in [2.05, 4.69) is 14.6 Å². The van der Waals surface area contributed by atoms with Crippen LogP contribution < -0.4 is 0 Å². The smallest absolute Gasteiger partial charge is 0.254 e.